The molecule has 0 bridgehead atoms. The lowest BCUT2D eigenvalue weighted by Gasteiger charge is -2.38. The number of amides is 2. The van der Waals surface area contributed by atoms with Crippen LogP contribution in [0.4, 0.5) is 0 Å². The third kappa shape index (κ3) is 3.33. The molecule has 2 amide bonds. The number of hydrogen-bond donors (Lipinski definition) is 1. The number of rotatable bonds is 4. The van der Waals surface area contributed by atoms with Crippen molar-refractivity contribution in [3.63, 3.8) is 0 Å². The van der Waals surface area contributed by atoms with Crippen molar-refractivity contribution in [2.24, 2.45) is 5.73 Å². The van der Waals surface area contributed by atoms with Crippen molar-refractivity contribution in [2.45, 2.75) is 25.4 Å². The van der Waals surface area contributed by atoms with Gasteiger partial charge in [0.1, 0.15) is 0 Å². The third-order valence-electron chi connectivity index (χ3n) is 3.31. The van der Waals surface area contributed by atoms with E-state index in [0.717, 1.165) is 6.42 Å². The van der Waals surface area contributed by atoms with Crippen LogP contribution in [0.5, 0.6) is 0 Å². The largest absolute Gasteiger partial charge is 0.367 e. The maximum Gasteiger partial charge on any atom is 0.251 e. The van der Waals surface area contributed by atoms with Crippen LogP contribution in [0.15, 0.2) is 17.5 Å². The molecule has 5 nitrogen and oxygen atoms in total. The van der Waals surface area contributed by atoms with Gasteiger partial charge in [-0.15, -0.1) is 11.3 Å². The molecule has 19 heavy (non-hydrogen) atoms. The molecular weight excluding hydrogens is 264 g/mol. The molecule has 1 aliphatic rings. The van der Waals surface area contributed by atoms with Crippen LogP contribution in [0.1, 0.15) is 18.2 Å². The van der Waals surface area contributed by atoms with Crippen molar-refractivity contribution in [1.29, 1.82) is 0 Å². The van der Waals surface area contributed by atoms with E-state index in [1.165, 1.54) is 4.88 Å². The fourth-order valence-corrected chi connectivity index (χ4v) is 2.78. The van der Waals surface area contributed by atoms with Gasteiger partial charge in [-0.25, -0.2) is 0 Å². The summed E-state index contributed by atoms with van der Waals surface area (Å²) < 4.78 is 5.39. The Labute approximate surface area is 116 Å². The standard InChI is InChI=1S/C13H18N2O3S/c1-13(12(14)17)9-15(6-7-18-13)11(16)5-4-10-3-2-8-19-10/h2-3,8H,4-7,9H2,1H3,(H2,14,17). The van der Waals surface area contributed by atoms with Crippen LogP contribution in [-0.2, 0) is 20.7 Å². The highest BCUT2D eigenvalue weighted by Crippen LogP contribution is 2.19. The van der Waals surface area contributed by atoms with E-state index < -0.39 is 11.5 Å². The van der Waals surface area contributed by atoms with E-state index >= 15 is 0 Å². The van der Waals surface area contributed by atoms with E-state index in [1.54, 1.807) is 23.2 Å². The minimum Gasteiger partial charge on any atom is -0.367 e. The van der Waals surface area contributed by atoms with Crippen LogP contribution >= 0.6 is 11.3 Å². The zero-order valence-electron chi connectivity index (χ0n) is 10.9. The van der Waals surface area contributed by atoms with E-state index in [9.17, 15) is 9.59 Å². The van der Waals surface area contributed by atoms with Crippen LogP contribution < -0.4 is 5.73 Å². The van der Waals surface area contributed by atoms with E-state index in [2.05, 4.69) is 0 Å². The number of aryl methyl sites for hydroxylation is 1. The Bertz CT molecular complexity index is 460. The molecule has 1 unspecified atom stereocenters. The van der Waals surface area contributed by atoms with Crippen LogP contribution in [-0.4, -0.2) is 42.0 Å². The fourth-order valence-electron chi connectivity index (χ4n) is 2.08. The number of thiophene rings is 1. The summed E-state index contributed by atoms with van der Waals surface area (Å²) in [7, 11) is 0. The zero-order chi connectivity index (χ0) is 13.9. The molecular formula is C13H18N2O3S. The van der Waals surface area contributed by atoms with Gasteiger partial charge < -0.3 is 15.4 Å². The third-order valence-corrected chi connectivity index (χ3v) is 4.25. The monoisotopic (exact) mass is 282 g/mol. The Kier molecular flexibility index (Phi) is 4.21. The number of hydrogen-bond acceptors (Lipinski definition) is 4. The summed E-state index contributed by atoms with van der Waals surface area (Å²) in [4.78, 5) is 26.3. The summed E-state index contributed by atoms with van der Waals surface area (Å²) in [5, 5.41) is 2.00. The predicted octanol–water partition coefficient (Wildman–Crippen LogP) is 0.783. The average Bonchev–Trinajstić information content (AvgIpc) is 2.89. The fraction of sp³-hybridized carbons (Fsp3) is 0.538. The molecule has 0 saturated carbocycles. The number of morpholine rings is 1. The van der Waals surface area contributed by atoms with E-state index in [4.69, 9.17) is 10.5 Å². The molecule has 6 heteroatoms. The molecule has 0 aliphatic carbocycles. The molecule has 1 aromatic rings. The first-order valence-corrected chi connectivity index (χ1v) is 7.13. The molecule has 0 radical (unpaired) electrons. The maximum absolute atomic E-state index is 12.1. The normalized spacial score (nSPS) is 23.3. The molecule has 1 aliphatic heterocycles. The van der Waals surface area contributed by atoms with Gasteiger partial charge in [-0.3, -0.25) is 9.59 Å². The first kappa shape index (κ1) is 14.0. The van der Waals surface area contributed by atoms with E-state index in [1.807, 2.05) is 17.5 Å². The van der Waals surface area contributed by atoms with Crippen LogP contribution in [0.2, 0.25) is 0 Å². The van der Waals surface area contributed by atoms with Gasteiger partial charge in [0.25, 0.3) is 5.91 Å². The Morgan fingerprint density at radius 2 is 2.37 bits per heavy atom. The molecule has 2 rings (SSSR count). The Morgan fingerprint density at radius 3 is 3.00 bits per heavy atom. The lowest BCUT2D eigenvalue weighted by molar-refractivity contribution is -0.160. The summed E-state index contributed by atoms with van der Waals surface area (Å²) >= 11 is 1.65. The Morgan fingerprint density at radius 1 is 1.58 bits per heavy atom. The molecule has 2 heterocycles. The number of ether oxygens (including phenoxy) is 1. The number of carbonyl (C=O) groups is 2. The van der Waals surface area contributed by atoms with Crippen molar-refractivity contribution in [1.82, 2.24) is 4.90 Å². The zero-order valence-corrected chi connectivity index (χ0v) is 11.7. The summed E-state index contributed by atoms with van der Waals surface area (Å²) in [6.07, 6.45) is 1.19. The second-order valence-electron chi connectivity index (χ2n) is 4.84. The van der Waals surface area contributed by atoms with Crippen molar-refractivity contribution < 1.29 is 14.3 Å². The van der Waals surface area contributed by atoms with Crippen molar-refractivity contribution in [3.8, 4) is 0 Å². The Balaban J connectivity index is 1.90. The van der Waals surface area contributed by atoms with Crippen molar-refractivity contribution in [3.05, 3.63) is 22.4 Å². The first-order chi connectivity index (χ1) is 9.01. The van der Waals surface area contributed by atoms with Gasteiger partial charge in [0.05, 0.1) is 13.2 Å². The predicted molar refractivity (Wildman–Crippen MR) is 72.8 cm³/mol. The van der Waals surface area contributed by atoms with Gasteiger partial charge >= 0.3 is 0 Å². The second-order valence-corrected chi connectivity index (χ2v) is 5.87. The second kappa shape index (κ2) is 5.71. The molecule has 1 fully saturated rings. The molecule has 0 spiro atoms. The van der Waals surface area contributed by atoms with Gasteiger partial charge in [-0.1, -0.05) is 6.07 Å². The van der Waals surface area contributed by atoms with Crippen molar-refractivity contribution in [2.75, 3.05) is 19.7 Å². The smallest absolute Gasteiger partial charge is 0.251 e. The van der Waals surface area contributed by atoms with Gasteiger partial charge in [0.2, 0.25) is 5.91 Å². The molecule has 0 aromatic carbocycles. The summed E-state index contributed by atoms with van der Waals surface area (Å²) in [5.74, 6) is -0.479. The topological polar surface area (TPSA) is 72.6 Å². The van der Waals surface area contributed by atoms with Crippen LogP contribution in [0, 0.1) is 0 Å². The molecule has 104 valence electrons. The minimum atomic E-state index is -1.06. The van der Waals surface area contributed by atoms with Gasteiger partial charge in [0.15, 0.2) is 5.60 Å². The first-order valence-electron chi connectivity index (χ1n) is 6.25. The molecule has 1 aromatic heterocycles. The quantitative estimate of drug-likeness (QED) is 0.887. The minimum absolute atomic E-state index is 0.0455. The number of nitrogens with zero attached hydrogens (tertiary/aromatic N) is 1. The lowest BCUT2D eigenvalue weighted by atomic mass is 10.0. The van der Waals surface area contributed by atoms with E-state index in [0.29, 0.717) is 19.6 Å². The van der Waals surface area contributed by atoms with E-state index in [-0.39, 0.29) is 12.5 Å². The summed E-state index contributed by atoms with van der Waals surface area (Å²) in [6, 6.07) is 3.99. The highest BCUT2D eigenvalue weighted by molar-refractivity contribution is 7.09. The Hall–Kier alpha value is -1.40. The summed E-state index contributed by atoms with van der Waals surface area (Å²) in [6.45, 7) is 2.75. The molecule has 1 saturated heterocycles. The number of nitrogens with two attached hydrogens (primary N) is 1. The van der Waals surface area contributed by atoms with Crippen LogP contribution in [0.25, 0.3) is 0 Å². The molecule has 2 N–H and O–H groups in total. The van der Waals surface area contributed by atoms with Gasteiger partial charge in [0, 0.05) is 17.8 Å². The molecule has 1 atom stereocenters. The van der Waals surface area contributed by atoms with Crippen molar-refractivity contribution >= 4 is 23.2 Å². The number of carbonyl (C=O) groups excluding carboxylic acids is 2. The van der Waals surface area contributed by atoms with Crippen LogP contribution in [0.3, 0.4) is 0 Å². The number of primary amides is 1. The maximum atomic E-state index is 12.1. The SMILES string of the molecule is CC1(C(N)=O)CN(C(=O)CCc2cccs2)CCO1. The highest BCUT2D eigenvalue weighted by atomic mass is 32.1. The van der Waals surface area contributed by atoms with Gasteiger partial charge in [-0.05, 0) is 24.8 Å². The highest BCUT2D eigenvalue weighted by Gasteiger charge is 2.38. The summed E-state index contributed by atoms with van der Waals surface area (Å²) in [5.41, 5.74) is 4.26. The van der Waals surface area contributed by atoms with Gasteiger partial charge in [-0.2, -0.15) is 0 Å². The lowest BCUT2D eigenvalue weighted by Crippen LogP contribution is -2.58. The average molecular weight is 282 g/mol.